The summed E-state index contributed by atoms with van der Waals surface area (Å²) in [5, 5.41) is 6.61. The first-order valence-electron chi connectivity index (χ1n) is 8.53. The van der Waals surface area contributed by atoms with Crippen molar-refractivity contribution < 1.29 is 14.2 Å². The van der Waals surface area contributed by atoms with Crippen LogP contribution in [-0.2, 0) is 16.0 Å². The number of aliphatic imine (C=N–C) groups is 1. The molecule has 6 heteroatoms. The number of hydrogen-bond donors (Lipinski definition) is 2. The van der Waals surface area contributed by atoms with Crippen molar-refractivity contribution in [1.82, 2.24) is 10.6 Å². The van der Waals surface area contributed by atoms with E-state index in [2.05, 4.69) is 15.6 Å². The molecule has 0 fully saturated rings. The third-order valence-corrected chi connectivity index (χ3v) is 3.38. The summed E-state index contributed by atoms with van der Waals surface area (Å²) in [6.07, 6.45) is 2.12. The van der Waals surface area contributed by atoms with Crippen molar-refractivity contribution in [2.24, 2.45) is 4.99 Å². The molecule has 136 valence electrons. The Morgan fingerprint density at radius 1 is 1.04 bits per heavy atom. The van der Waals surface area contributed by atoms with Gasteiger partial charge in [0.1, 0.15) is 12.4 Å². The summed E-state index contributed by atoms with van der Waals surface area (Å²) in [4.78, 5) is 4.23. The molecule has 0 atom stereocenters. The number of guanidine groups is 1. The number of ether oxygens (including phenoxy) is 3. The van der Waals surface area contributed by atoms with E-state index in [1.807, 2.05) is 31.2 Å². The molecule has 0 aliphatic rings. The third kappa shape index (κ3) is 9.37. The third-order valence-electron chi connectivity index (χ3n) is 3.38. The summed E-state index contributed by atoms with van der Waals surface area (Å²) >= 11 is 0. The molecular formula is C18H31N3O3. The molecule has 0 aliphatic heterocycles. The van der Waals surface area contributed by atoms with E-state index in [1.165, 1.54) is 5.56 Å². The van der Waals surface area contributed by atoms with Crippen molar-refractivity contribution in [3.05, 3.63) is 29.8 Å². The zero-order chi connectivity index (χ0) is 17.5. The van der Waals surface area contributed by atoms with E-state index >= 15 is 0 Å². The van der Waals surface area contributed by atoms with Crippen LogP contribution >= 0.6 is 0 Å². The highest BCUT2D eigenvalue weighted by Gasteiger charge is 1.99. The minimum Gasteiger partial charge on any atom is -0.491 e. The molecule has 0 spiro atoms. The molecule has 0 heterocycles. The molecular weight excluding hydrogens is 306 g/mol. The van der Waals surface area contributed by atoms with Gasteiger partial charge in [-0.05, 0) is 37.5 Å². The number of nitrogens with one attached hydrogen (secondary N) is 2. The van der Waals surface area contributed by atoms with Gasteiger partial charge in [0.2, 0.25) is 0 Å². The van der Waals surface area contributed by atoms with E-state index in [-0.39, 0.29) is 0 Å². The van der Waals surface area contributed by atoms with E-state index in [4.69, 9.17) is 14.2 Å². The molecule has 0 bridgehead atoms. The summed E-state index contributed by atoms with van der Waals surface area (Å²) in [7, 11) is 3.44. The van der Waals surface area contributed by atoms with E-state index in [0.717, 1.165) is 50.9 Å². The fourth-order valence-corrected chi connectivity index (χ4v) is 2.03. The average Bonchev–Trinajstić information content (AvgIpc) is 2.62. The fraction of sp³-hybridized carbons (Fsp3) is 0.611. The molecule has 0 saturated carbocycles. The van der Waals surface area contributed by atoms with Crippen molar-refractivity contribution in [3.8, 4) is 5.75 Å². The highest BCUT2D eigenvalue weighted by atomic mass is 16.5. The van der Waals surface area contributed by atoms with Crippen molar-refractivity contribution >= 4 is 5.96 Å². The van der Waals surface area contributed by atoms with Crippen molar-refractivity contribution in [3.63, 3.8) is 0 Å². The first kappa shape index (κ1) is 20.3. The number of unbranched alkanes of at least 4 members (excludes halogenated alkanes) is 1. The van der Waals surface area contributed by atoms with Gasteiger partial charge >= 0.3 is 0 Å². The molecule has 0 aliphatic carbocycles. The molecule has 0 unspecified atom stereocenters. The lowest BCUT2D eigenvalue weighted by Crippen LogP contribution is -2.37. The van der Waals surface area contributed by atoms with Gasteiger partial charge in [-0.1, -0.05) is 12.1 Å². The Hall–Kier alpha value is -1.79. The standard InChI is InChI=1S/C18H31N3O3/c1-4-23-12-6-5-11-20-18(19-2)21-15-16-7-9-17(10-8-16)24-14-13-22-3/h7-10H,4-6,11-15H2,1-3H3,(H2,19,20,21). The largest absolute Gasteiger partial charge is 0.491 e. The summed E-state index contributed by atoms with van der Waals surface area (Å²) in [5.74, 6) is 1.67. The lowest BCUT2D eigenvalue weighted by atomic mass is 10.2. The summed E-state index contributed by atoms with van der Waals surface area (Å²) in [6, 6.07) is 8.03. The van der Waals surface area contributed by atoms with Crippen LogP contribution in [0.15, 0.2) is 29.3 Å². The van der Waals surface area contributed by atoms with Crippen LogP contribution in [0.5, 0.6) is 5.75 Å². The van der Waals surface area contributed by atoms with Crippen LogP contribution in [0.1, 0.15) is 25.3 Å². The number of rotatable bonds is 12. The van der Waals surface area contributed by atoms with Gasteiger partial charge in [0.25, 0.3) is 0 Å². The normalized spacial score (nSPS) is 11.4. The molecule has 6 nitrogen and oxygen atoms in total. The Morgan fingerprint density at radius 3 is 2.50 bits per heavy atom. The minimum atomic E-state index is 0.563. The molecule has 24 heavy (non-hydrogen) atoms. The van der Waals surface area contributed by atoms with Crippen LogP contribution in [0.4, 0.5) is 0 Å². The maximum Gasteiger partial charge on any atom is 0.191 e. The predicted octanol–water partition coefficient (Wildman–Crippen LogP) is 2.19. The number of methoxy groups -OCH3 is 1. The highest BCUT2D eigenvalue weighted by Crippen LogP contribution is 2.11. The molecule has 0 saturated heterocycles. The van der Waals surface area contributed by atoms with Gasteiger partial charge in [-0.2, -0.15) is 0 Å². The summed E-state index contributed by atoms with van der Waals surface area (Å²) < 4.78 is 15.8. The molecule has 0 radical (unpaired) electrons. The minimum absolute atomic E-state index is 0.563. The smallest absolute Gasteiger partial charge is 0.191 e. The Bertz CT molecular complexity index is 449. The van der Waals surface area contributed by atoms with Gasteiger partial charge < -0.3 is 24.8 Å². The monoisotopic (exact) mass is 337 g/mol. The zero-order valence-corrected chi connectivity index (χ0v) is 15.1. The Morgan fingerprint density at radius 2 is 1.83 bits per heavy atom. The van der Waals surface area contributed by atoms with E-state index in [9.17, 15) is 0 Å². The maximum absolute atomic E-state index is 5.55. The fourth-order valence-electron chi connectivity index (χ4n) is 2.03. The maximum atomic E-state index is 5.55. The number of nitrogens with zero attached hydrogens (tertiary/aromatic N) is 1. The van der Waals surface area contributed by atoms with Crippen LogP contribution in [0, 0.1) is 0 Å². The molecule has 2 N–H and O–H groups in total. The second-order valence-electron chi connectivity index (χ2n) is 5.24. The first-order chi connectivity index (χ1) is 11.8. The van der Waals surface area contributed by atoms with Gasteiger partial charge in [0.05, 0.1) is 6.61 Å². The average molecular weight is 337 g/mol. The van der Waals surface area contributed by atoms with Crippen molar-refractivity contribution in [2.75, 3.05) is 47.1 Å². The second kappa shape index (κ2) is 13.6. The van der Waals surface area contributed by atoms with Gasteiger partial charge in [-0.25, -0.2) is 0 Å². The Balaban J connectivity index is 2.22. The van der Waals surface area contributed by atoms with Crippen LogP contribution < -0.4 is 15.4 Å². The van der Waals surface area contributed by atoms with Crippen LogP contribution in [-0.4, -0.2) is 53.1 Å². The van der Waals surface area contributed by atoms with E-state index in [0.29, 0.717) is 13.2 Å². The van der Waals surface area contributed by atoms with E-state index < -0.39 is 0 Å². The molecule has 1 rings (SSSR count). The lowest BCUT2D eigenvalue weighted by Gasteiger charge is -2.12. The van der Waals surface area contributed by atoms with E-state index in [1.54, 1.807) is 14.2 Å². The van der Waals surface area contributed by atoms with Crippen LogP contribution in [0.25, 0.3) is 0 Å². The van der Waals surface area contributed by atoms with Gasteiger partial charge in [-0.15, -0.1) is 0 Å². The number of benzene rings is 1. The Labute approximate surface area is 145 Å². The summed E-state index contributed by atoms with van der Waals surface area (Å²) in [5.41, 5.74) is 1.17. The number of hydrogen-bond acceptors (Lipinski definition) is 4. The highest BCUT2D eigenvalue weighted by molar-refractivity contribution is 5.79. The second-order valence-corrected chi connectivity index (χ2v) is 5.24. The molecule has 0 amide bonds. The predicted molar refractivity (Wildman–Crippen MR) is 97.7 cm³/mol. The Kier molecular flexibility index (Phi) is 11.5. The van der Waals surface area contributed by atoms with Crippen LogP contribution in [0.3, 0.4) is 0 Å². The topological polar surface area (TPSA) is 64.1 Å². The lowest BCUT2D eigenvalue weighted by molar-refractivity contribution is 0.143. The SMILES string of the molecule is CCOCCCCNC(=NC)NCc1ccc(OCCOC)cc1. The van der Waals surface area contributed by atoms with Crippen molar-refractivity contribution in [2.45, 2.75) is 26.3 Å². The molecule has 1 aromatic carbocycles. The van der Waals surface area contributed by atoms with Gasteiger partial charge in [0, 0.05) is 40.5 Å². The first-order valence-corrected chi connectivity index (χ1v) is 8.53. The molecule has 1 aromatic rings. The van der Waals surface area contributed by atoms with Gasteiger partial charge in [-0.3, -0.25) is 4.99 Å². The summed E-state index contributed by atoms with van der Waals surface area (Å²) in [6.45, 7) is 6.39. The quantitative estimate of drug-likeness (QED) is 0.348. The zero-order valence-electron chi connectivity index (χ0n) is 15.1. The molecule has 0 aromatic heterocycles. The van der Waals surface area contributed by atoms with Crippen molar-refractivity contribution in [1.29, 1.82) is 0 Å². The van der Waals surface area contributed by atoms with Crippen LogP contribution in [0.2, 0.25) is 0 Å². The van der Waals surface area contributed by atoms with Gasteiger partial charge in [0.15, 0.2) is 5.96 Å².